The van der Waals surface area contributed by atoms with Gasteiger partial charge in [-0.25, -0.2) is 4.98 Å². The van der Waals surface area contributed by atoms with Crippen molar-refractivity contribution >= 4 is 11.7 Å². The van der Waals surface area contributed by atoms with Crippen LogP contribution in [0.25, 0.3) is 11.1 Å². The Bertz CT molecular complexity index is 875. The maximum Gasteiger partial charge on any atom is 0.255 e. The summed E-state index contributed by atoms with van der Waals surface area (Å²) in [6.07, 6.45) is 8.35. The second-order valence-corrected chi connectivity index (χ2v) is 8.65. The monoisotopic (exact) mass is 438 g/mol. The quantitative estimate of drug-likeness (QED) is 0.613. The van der Waals surface area contributed by atoms with Crippen molar-refractivity contribution in [3.63, 3.8) is 0 Å². The molecule has 32 heavy (non-hydrogen) atoms. The average molecular weight is 439 g/mol. The predicted molar refractivity (Wildman–Crippen MR) is 126 cm³/mol. The Labute approximate surface area is 190 Å². The molecule has 1 amide bonds. The number of ether oxygens (including phenoxy) is 2. The van der Waals surface area contributed by atoms with Crippen LogP contribution in [0.4, 0.5) is 5.82 Å². The van der Waals surface area contributed by atoms with Crippen LogP contribution in [-0.4, -0.2) is 61.3 Å². The van der Waals surface area contributed by atoms with Crippen LogP contribution in [0.2, 0.25) is 0 Å². The third-order valence-corrected chi connectivity index (χ3v) is 6.28. The second kappa shape index (κ2) is 11.3. The van der Waals surface area contributed by atoms with Gasteiger partial charge in [-0.1, -0.05) is 31.4 Å². The minimum Gasteiger partial charge on any atom is -0.494 e. The van der Waals surface area contributed by atoms with Gasteiger partial charge in [-0.2, -0.15) is 0 Å². The fourth-order valence-corrected chi connectivity index (χ4v) is 4.37. The molecular weight excluding hydrogens is 404 g/mol. The zero-order valence-corrected chi connectivity index (χ0v) is 18.7. The number of nitrogens with one attached hydrogen (secondary N) is 1. The van der Waals surface area contributed by atoms with Gasteiger partial charge in [0.2, 0.25) is 0 Å². The summed E-state index contributed by atoms with van der Waals surface area (Å²) in [6, 6.07) is 9.98. The average Bonchev–Trinajstić information content (AvgIpc) is 2.84. The van der Waals surface area contributed by atoms with Crippen molar-refractivity contribution in [2.24, 2.45) is 0 Å². The Hall–Kier alpha value is -2.64. The first-order valence-corrected chi connectivity index (χ1v) is 11.8. The molecule has 0 radical (unpaired) electrons. The van der Waals surface area contributed by atoms with E-state index in [4.69, 9.17) is 15.2 Å². The maximum absolute atomic E-state index is 12.8. The lowest BCUT2D eigenvalue weighted by molar-refractivity contribution is 0.0358. The number of benzene rings is 1. The van der Waals surface area contributed by atoms with Crippen molar-refractivity contribution in [3.8, 4) is 16.9 Å². The third-order valence-electron chi connectivity index (χ3n) is 6.28. The maximum atomic E-state index is 12.8. The first kappa shape index (κ1) is 22.6. The van der Waals surface area contributed by atoms with Gasteiger partial charge in [0.25, 0.3) is 5.91 Å². The van der Waals surface area contributed by atoms with Crippen molar-refractivity contribution in [3.05, 3.63) is 42.1 Å². The normalized spacial score (nSPS) is 17.8. The van der Waals surface area contributed by atoms with Crippen LogP contribution in [0.1, 0.15) is 48.9 Å². The zero-order chi connectivity index (χ0) is 22.2. The Morgan fingerprint density at radius 1 is 1.12 bits per heavy atom. The van der Waals surface area contributed by atoms with E-state index in [1.807, 2.05) is 30.3 Å². The number of rotatable bonds is 8. The molecule has 2 aromatic rings. The molecule has 1 aromatic carbocycles. The lowest BCUT2D eigenvalue weighted by atomic mass is 9.95. The van der Waals surface area contributed by atoms with Crippen molar-refractivity contribution in [2.45, 2.75) is 44.6 Å². The van der Waals surface area contributed by atoms with E-state index in [2.05, 4.69) is 15.2 Å². The van der Waals surface area contributed by atoms with Crippen molar-refractivity contribution in [1.82, 2.24) is 15.2 Å². The number of nitrogens with two attached hydrogens (primary N) is 1. The van der Waals surface area contributed by atoms with Gasteiger partial charge >= 0.3 is 0 Å². The summed E-state index contributed by atoms with van der Waals surface area (Å²) in [5.74, 6) is 0.973. The Kier molecular flexibility index (Phi) is 7.96. The number of carbonyl (C=O) groups is 1. The lowest BCUT2D eigenvalue weighted by Crippen LogP contribution is -2.37. The van der Waals surface area contributed by atoms with E-state index in [1.54, 1.807) is 6.20 Å². The Morgan fingerprint density at radius 2 is 1.88 bits per heavy atom. The molecule has 0 atom stereocenters. The van der Waals surface area contributed by atoms with Crippen LogP contribution in [0.15, 0.2) is 36.5 Å². The number of hydrogen-bond acceptors (Lipinski definition) is 6. The topological polar surface area (TPSA) is 89.7 Å². The van der Waals surface area contributed by atoms with E-state index in [0.717, 1.165) is 69.0 Å². The largest absolute Gasteiger partial charge is 0.494 e. The number of pyridine rings is 1. The molecule has 7 nitrogen and oxygen atoms in total. The number of morpholine rings is 1. The van der Waals surface area contributed by atoms with Gasteiger partial charge in [0.05, 0.1) is 25.4 Å². The summed E-state index contributed by atoms with van der Waals surface area (Å²) in [6.45, 7) is 5.38. The minimum absolute atomic E-state index is 0.135. The highest BCUT2D eigenvalue weighted by Gasteiger charge is 2.19. The highest BCUT2D eigenvalue weighted by molar-refractivity contribution is 5.99. The van der Waals surface area contributed by atoms with Crippen LogP contribution in [0.5, 0.6) is 5.75 Å². The van der Waals surface area contributed by atoms with E-state index in [9.17, 15) is 4.79 Å². The molecule has 0 spiro atoms. The van der Waals surface area contributed by atoms with E-state index in [1.165, 1.54) is 19.3 Å². The Balaban J connectivity index is 1.31. The molecule has 1 aromatic heterocycles. The molecule has 1 saturated heterocycles. The summed E-state index contributed by atoms with van der Waals surface area (Å²) in [5.41, 5.74) is 8.30. The standard InChI is InChI=1S/C25H34N4O3/c26-24-23(25(30)28-21-5-2-1-3-6-21)17-20(18-27-24)19-7-9-22(10-8-19)32-14-4-11-29-12-15-31-16-13-29/h7-10,17-18,21H,1-6,11-16H2,(H2,26,27)(H,28,30). The fourth-order valence-electron chi connectivity index (χ4n) is 4.37. The summed E-state index contributed by atoms with van der Waals surface area (Å²) in [7, 11) is 0. The number of nitrogen functional groups attached to an aromatic ring is 1. The SMILES string of the molecule is Nc1ncc(-c2ccc(OCCCN3CCOCC3)cc2)cc1C(=O)NC1CCCCC1. The van der Waals surface area contributed by atoms with E-state index < -0.39 is 0 Å². The van der Waals surface area contributed by atoms with E-state index in [0.29, 0.717) is 12.2 Å². The van der Waals surface area contributed by atoms with Gasteiger partial charge < -0.3 is 20.5 Å². The molecule has 2 heterocycles. The number of aromatic nitrogens is 1. The number of carbonyl (C=O) groups excluding carboxylic acids is 1. The van der Waals surface area contributed by atoms with Crippen LogP contribution in [0.3, 0.4) is 0 Å². The van der Waals surface area contributed by atoms with Crippen molar-refractivity contribution in [1.29, 1.82) is 0 Å². The van der Waals surface area contributed by atoms with Crippen molar-refractivity contribution in [2.75, 3.05) is 45.2 Å². The number of nitrogens with zero attached hydrogens (tertiary/aromatic N) is 2. The Morgan fingerprint density at radius 3 is 2.62 bits per heavy atom. The van der Waals surface area contributed by atoms with Crippen LogP contribution < -0.4 is 15.8 Å². The lowest BCUT2D eigenvalue weighted by Gasteiger charge is -2.26. The van der Waals surface area contributed by atoms with Gasteiger partial charge in [-0.15, -0.1) is 0 Å². The molecule has 2 fully saturated rings. The molecule has 3 N–H and O–H groups in total. The molecule has 4 rings (SSSR count). The number of hydrogen-bond donors (Lipinski definition) is 2. The van der Waals surface area contributed by atoms with E-state index >= 15 is 0 Å². The van der Waals surface area contributed by atoms with Gasteiger partial charge in [0.1, 0.15) is 11.6 Å². The van der Waals surface area contributed by atoms with Crippen LogP contribution >= 0.6 is 0 Å². The molecule has 0 unspecified atom stereocenters. The number of amides is 1. The first-order valence-electron chi connectivity index (χ1n) is 11.8. The third kappa shape index (κ3) is 6.20. The zero-order valence-electron chi connectivity index (χ0n) is 18.7. The smallest absolute Gasteiger partial charge is 0.255 e. The van der Waals surface area contributed by atoms with Gasteiger partial charge in [-0.05, 0) is 43.0 Å². The molecule has 1 saturated carbocycles. The van der Waals surface area contributed by atoms with Gasteiger partial charge in [0, 0.05) is 37.4 Å². The highest BCUT2D eigenvalue weighted by atomic mass is 16.5. The number of anilines is 1. The van der Waals surface area contributed by atoms with E-state index in [-0.39, 0.29) is 17.8 Å². The molecule has 1 aliphatic heterocycles. The summed E-state index contributed by atoms with van der Waals surface area (Å²) < 4.78 is 11.3. The predicted octanol–water partition coefficient (Wildman–Crippen LogP) is 3.49. The molecule has 1 aliphatic carbocycles. The molecular formula is C25H34N4O3. The minimum atomic E-state index is -0.135. The van der Waals surface area contributed by atoms with Gasteiger partial charge in [-0.3, -0.25) is 9.69 Å². The fraction of sp³-hybridized carbons (Fsp3) is 0.520. The van der Waals surface area contributed by atoms with Crippen LogP contribution in [-0.2, 0) is 4.74 Å². The molecule has 2 aliphatic rings. The summed E-state index contributed by atoms with van der Waals surface area (Å²) in [4.78, 5) is 19.4. The molecule has 7 heteroatoms. The van der Waals surface area contributed by atoms with Gasteiger partial charge in [0.15, 0.2) is 0 Å². The summed E-state index contributed by atoms with van der Waals surface area (Å²) >= 11 is 0. The first-order chi connectivity index (χ1) is 15.7. The second-order valence-electron chi connectivity index (χ2n) is 8.65. The highest BCUT2D eigenvalue weighted by Crippen LogP contribution is 2.25. The van der Waals surface area contributed by atoms with Crippen LogP contribution in [0, 0.1) is 0 Å². The van der Waals surface area contributed by atoms with Crippen molar-refractivity contribution < 1.29 is 14.3 Å². The molecule has 0 bridgehead atoms. The summed E-state index contributed by atoms with van der Waals surface area (Å²) in [5, 5.41) is 3.13. The molecule has 172 valence electrons.